The average Bonchev–Trinajstić information content (AvgIpc) is 2.99. The van der Waals surface area contributed by atoms with E-state index in [2.05, 4.69) is 21.8 Å². The first-order valence-electron chi connectivity index (χ1n) is 8.47. The summed E-state index contributed by atoms with van der Waals surface area (Å²) in [6.07, 6.45) is 5.03. The van der Waals surface area contributed by atoms with E-state index in [4.69, 9.17) is 28.9 Å². The summed E-state index contributed by atoms with van der Waals surface area (Å²) in [5.74, 6) is 0.488. The summed E-state index contributed by atoms with van der Waals surface area (Å²) in [4.78, 5) is 23.3. The fourth-order valence-electron chi connectivity index (χ4n) is 3.45. The number of nitrogens with two attached hydrogens (primary N) is 1. The number of halogens is 2. The van der Waals surface area contributed by atoms with Crippen LogP contribution in [0.4, 0.5) is 5.82 Å². The summed E-state index contributed by atoms with van der Waals surface area (Å²) in [5, 5.41) is 0.842. The lowest BCUT2D eigenvalue weighted by molar-refractivity contribution is 0.101. The molecule has 1 amide bonds. The SMILES string of the molecule is CC1(N)CCN(c2ncc(-c3cccc(Cl)c3Cl)c3c2C=NC3=O)CC1. The molecule has 134 valence electrons. The van der Waals surface area contributed by atoms with Crippen molar-refractivity contribution in [3.05, 3.63) is 45.6 Å². The lowest BCUT2D eigenvalue weighted by Gasteiger charge is -2.38. The second kappa shape index (κ2) is 6.34. The molecule has 0 radical (unpaired) electrons. The Kier molecular flexibility index (Phi) is 4.26. The van der Waals surface area contributed by atoms with Gasteiger partial charge in [-0.25, -0.2) is 9.98 Å². The van der Waals surface area contributed by atoms with Gasteiger partial charge in [0.2, 0.25) is 0 Å². The Balaban J connectivity index is 1.80. The molecule has 2 aliphatic heterocycles. The molecule has 1 aromatic heterocycles. The predicted octanol–water partition coefficient (Wildman–Crippen LogP) is 3.95. The molecule has 0 saturated carbocycles. The van der Waals surface area contributed by atoms with Gasteiger partial charge < -0.3 is 10.6 Å². The maximum atomic E-state index is 12.5. The van der Waals surface area contributed by atoms with Crippen molar-refractivity contribution < 1.29 is 4.79 Å². The van der Waals surface area contributed by atoms with Crippen LogP contribution in [0.3, 0.4) is 0 Å². The minimum Gasteiger partial charge on any atom is -0.356 e. The first kappa shape index (κ1) is 17.5. The lowest BCUT2D eigenvalue weighted by atomic mass is 9.90. The second-order valence-electron chi connectivity index (χ2n) is 7.09. The first-order chi connectivity index (χ1) is 12.4. The number of aromatic nitrogens is 1. The number of hydrogen-bond donors (Lipinski definition) is 1. The average molecular weight is 389 g/mol. The molecule has 0 spiro atoms. The molecule has 2 N–H and O–H groups in total. The standard InChI is InChI=1S/C19H18Cl2N4O/c1-19(22)5-7-25(8-6-19)17-13-10-24-18(26)15(13)12(9-23-17)11-3-2-4-14(20)16(11)21/h2-4,9-10H,5-8,22H2,1H3. The van der Waals surface area contributed by atoms with Gasteiger partial charge in [0.05, 0.1) is 15.6 Å². The van der Waals surface area contributed by atoms with Gasteiger partial charge in [0.25, 0.3) is 5.91 Å². The third-order valence-corrected chi connectivity index (χ3v) is 5.89. The minimum atomic E-state index is -0.282. The number of benzene rings is 1. The third-order valence-electron chi connectivity index (χ3n) is 5.07. The smallest absolute Gasteiger partial charge is 0.278 e. The van der Waals surface area contributed by atoms with Crippen molar-refractivity contribution in [2.45, 2.75) is 25.3 Å². The molecule has 5 nitrogen and oxygen atoms in total. The Hall–Kier alpha value is -1.95. The van der Waals surface area contributed by atoms with E-state index < -0.39 is 0 Å². The van der Waals surface area contributed by atoms with Crippen LogP contribution in [0.15, 0.2) is 29.4 Å². The number of aliphatic imine (C=N–C) groups is 1. The van der Waals surface area contributed by atoms with Crippen LogP contribution in [0.2, 0.25) is 10.0 Å². The minimum absolute atomic E-state index is 0.155. The van der Waals surface area contributed by atoms with Crippen molar-refractivity contribution >= 4 is 41.1 Å². The van der Waals surface area contributed by atoms with E-state index in [1.165, 1.54) is 0 Å². The van der Waals surface area contributed by atoms with Crippen LogP contribution in [-0.4, -0.2) is 35.7 Å². The van der Waals surface area contributed by atoms with Gasteiger partial charge >= 0.3 is 0 Å². The van der Waals surface area contributed by atoms with Gasteiger partial charge in [-0.1, -0.05) is 35.3 Å². The van der Waals surface area contributed by atoms with Gasteiger partial charge in [0.1, 0.15) is 5.82 Å². The number of carbonyl (C=O) groups excluding carboxylic acids is 1. The highest BCUT2D eigenvalue weighted by Gasteiger charge is 2.31. The van der Waals surface area contributed by atoms with E-state index in [9.17, 15) is 4.79 Å². The monoisotopic (exact) mass is 388 g/mol. The summed E-state index contributed by atoms with van der Waals surface area (Å²) in [6.45, 7) is 3.66. The number of hydrogen-bond acceptors (Lipinski definition) is 4. The Labute approximate surface area is 161 Å². The summed E-state index contributed by atoms with van der Waals surface area (Å²) in [5.41, 5.74) is 8.68. The van der Waals surface area contributed by atoms with Crippen molar-refractivity contribution in [3.63, 3.8) is 0 Å². The molecule has 3 heterocycles. The van der Waals surface area contributed by atoms with E-state index in [0.717, 1.165) is 37.3 Å². The van der Waals surface area contributed by atoms with Crippen LogP contribution in [0, 0.1) is 0 Å². The van der Waals surface area contributed by atoms with Crippen molar-refractivity contribution in [2.24, 2.45) is 10.7 Å². The normalized spacial score (nSPS) is 18.3. The number of anilines is 1. The Morgan fingerprint density at radius 1 is 1.19 bits per heavy atom. The molecule has 1 saturated heterocycles. The molecular formula is C19H18Cl2N4O. The lowest BCUT2D eigenvalue weighted by Crippen LogP contribution is -2.48. The molecule has 4 rings (SSSR count). The molecule has 26 heavy (non-hydrogen) atoms. The van der Waals surface area contributed by atoms with Gasteiger partial charge in [0, 0.05) is 47.7 Å². The Morgan fingerprint density at radius 2 is 1.92 bits per heavy atom. The Bertz CT molecular complexity index is 929. The zero-order chi connectivity index (χ0) is 18.5. The Morgan fingerprint density at radius 3 is 2.65 bits per heavy atom. The summed E-state index contributed by atoms with van der Waals surface area (Å²) in [7, 11) is 0. The fourth-order valence-corrected chi connectivity index (χ4v) is 3.86. The number of rotatable bonds is 2. The first-order valence-corrected chi connectivity index (χ1v) is 9.22. The van der Waals surface area contributed by atoms with Crippen LogP contribution >= 0.6 is 23.2 Å². The highest BCUT2D eigenvalue weighted by atomic mass is 35.5. The molecule has 0 atom stereocenters. The number of pyridine rings is 1. The largest absolute Gasteiger partial charge is 0.356 e. The topological polar surface area (TPSA) is 71.6 Å². The molecule has 0 bridgehead atoms. The highest BCUT2D eigenvalue weighted by molar-refractivity contribution is 6.44. The molecule has 7 heteroatoms. The number of fused-ring (bicyclic) bond motifs is 1. The van der Waals surface area contributed by atoms with Crippen molar-refractivity contribution in [2.75, 3.05) is 18.0 Å². The van der Waals surface area contributed by atoms with Crippen molar-refractivity contribution in [1.82, 2.24) is 4.98 Å². The summed E-state index contributed by atoms with van der Waals surface area (Å²) >= 11 is 12.5. The van der Waals surface area contributed by atoms with Gasteiger partial charge in [-0.3, -0.25) is 4.79 Å². The van der Waals surface area contributed by atoms with Crippen molar-refractivity contribution in [1.29, 1.82) is 0 Å². The third kappa shape index (κ3) is 2.90. The van der Waals surface area contributed by atoms with Crippen molar-refractivity contribution in [3.8, 4) is 11.1 Å². The van der Waals surface area contributed by atoms with Gasteiger partial charge in [-0.2, -0.15) is 0 Å². The van der Waals surface area contributed by atoms with E-state index in [1.807, 2.05) is 6.07 Å². The molecule has 1 aromatic carbocycles. The number of amides is 1. The van der Waals surface area contributed by atoms with E-state index in [1.54, 1.807) is 24.5 Å². The predicted molar refractivity (Wildman–Crippen MR) is 106 cm³/mol. The van der Waals surface area contributed by atoms with E-state index in [0.29, 0.717) is 26.7 Å². The van der Waals surface area contributed by atoms with Crippen LogP contribution < -0.4 is 10.6 Å². The van der Waals surface area contributed by atoms with Crippen LogP contribution in [-0.2, 0) is 0 Å². The quantitative estimate of drug-likeness (QED) is 0.845. The fraction of sp³-hybridized carbons (Fsp3) is 0.316. The van der Waals surface area contributed by atoms with Gasteiger partial charge in [-0.15, -0.1) is 0 Å². The number of nitrogens with zero attached hydrogens (tertiary/aromatic N) is 3. The highest BCUT2D eigenvalue weighted by Crippen LogP contribution is 2.39. The van der Waals surface area contributed by atoms with E-state index >= 15 is 0 Å². The van der Waals surface area contributed by atoms with Gasteiger partial charge in [-0.05, 0) is 25.8 Å². The van der Waals surface area contributed by atoms with E-state index in [-0.39, 0.29) is 11.4 Å². The molecule has 0 aliphatic carbocycles. The second-order valence-corrected chi connectivity index (χ2v) is 7.88. The van der Waals surface area contributed by atoms with Gasteiger partial charge in [0.15, 0.2) is 0 Å². The molecular weight excluding hydrogens is 371 g/mol. The molecule has 2 aliphatic rings. The number of piperidine rings is 1. The van der Waals surface area contributed by atoms with Crippen LogP contribution in [0.5, 0.6) is 0 Å². The maximum Gasteiger partial charge on any atom is 0.278 e. The summed E-state index contributed by atoms with van der Waals surface area (Å²) < 4.78 is 0. The zero-order valence-electron chi connectivity index (χ0n) is 14.3. The van der Waals surface area contributed by atoms with Crippen LogP contribution in [0.25, 0.3) is 11.1 Å². The van der Waals surface area contributed by atoms with Crippen LogP contribution in [0.1, 0.15) is 35.7 Å². The summed E-state index contributed by atoms with van der Waals surface area (Å²) in [6, 6.07) is 5.35. The number of carbonyl (C=O) groups is 1. The molecule has 2 aromatic rings. The maximum absolute atomic E-state index is 12.5. The zero-order valence-corrected chi connectivity index (χ0v) is 15.8. The molecule has 1 fully saturated rings. The molecule has 0 unspecified atom stereocenters.